The summed E-state index contributed by atoms with van der Waals surface area (Å²) in [6.07, 6.45) is 0. The zero-order valence-corrected chi connectivity index (χ0v) is 15.2. The second kappa shape index (κ2) is 8.14. The van der Waals surface area contributed by atoms with Crippen LogP contribution in [0.4, 0.5) is 0 Å². The van der Waals surface area contributed by atoms with Gasteiger partial charge in [-0.15, -0.1) is 11.3 Å². The standard InChI is InChI=1S/C19H17ClN2O2S/c1-13-17(25-19(22-13)15-9-5-6-10-16(15)20)11-21-18(23)12-24-14-7-3-2-4-8-14/h2-10H,11-12H2,1H3,(H,21,23). The average molecular weight is 373 g/mol. The molecule has 0 aliphatic rings. The molecule has 1 aromatic heterocycles. The van der Waals surface area contributed by atoms with Crippen LogP contribution in [0.25, 0.3) is 10.6 Å². The third-order valence-electron chi connectivity index (χ3n) is 3.56. The molecule has 1 heterocycles. The topological polar surface area (TPSA) is 51.2 Å². The maximum Gasteiger partial charge on any atom is 0.258 e. The molecule has 4 nitrogen and oxygen atoms in total. The van der Waals surface area contributed by atoms with E-state index in [1.54, 1.807) is 0 Å². The molecule has 25 heavy (non-hydrogen) atoms. The summed E-state index contributed by atoms with van der Waals surface area (Å²) in [6.45, 7) is 2.34. The predicted molar refractivity (Wildman–Crippen MR) is 101 cm³/mol. The molecule has 0 atom stereocenters. The maximum atomic E-state index is 12.0. The van der Waals surface area contributed by atoms with Gasteiger partial charge in [0.1, 0.15) is 10.8 Å². The largest absolute Gasteiger partial charge is 0.484 e. The first-order valence-electron chi connectivity index (χ1n) is 7.79. The van der Waals surface area contributed by atoms with E-state index in [1.807, 2.05) is 61.5 Å². The van der Waals surface area contributed by atoms with Crippen molar-refractivity contribution in [2.75, 3.05) is 6.61 Å². The lowest BCUT2D eigenvalue weighted by Gasteiger charge is -2.06. The van der Waals surface area contributed by atoms with Gasteiger partial charge in [0.05, 0.1) is 17.3 Å². The lowest BCUT2D eigenvalue weighted by Crippen LogP contribution is -2.28. The van der Waals surface area contributed by atoms with Crippen molar-refractivity contribution in [3.8, 4) is 16.3 Å². The molecule has 1 N–H and O–H groups in total. The first kappa shape index (κ1) is 17.5. The van der Waals surface area contributed by atoms with E-state index in [0.29, 0.717) is 17.3 Å². The summed E-state index contributed by atoms with van der Waals surface area (Å²) in [7, 11) is 0. The number of rotatable bonds is 6. The number of hydrogen-bond acceptors (Lipinski definition) is 4. The molecule has 0 radical (unpaired) electrons. The van der Waals surface area contributed by atoms with Gasteiger partial charge in [-0.25, -0.2) is 4.98 Å². The van der Waals surface area contributed by atoms with Crippen LogP contribution in [0.5, 0.6) is 5.75 Å². The van der Waals surface area contributed by atoms with Crippen LogP contribution >= 0.6 is 22.9 Å². The van der Waals surface area contributed by atoms with Gasteiger partial charge >= 0.3 is 0 Å². The Hall–Kier alpha value is -2.37. The molecule has 3 aromatic rings. The molecule has 0 saturated carbocycles. The van der Waals surface area contributed by atoms with Crippen LogP contribution < -0.4 is 10.1 Å². The van der Waals surface area contributed by atoms with Gasteiger partial charge in [0.25, 0.3) is 5.91 Å². The minimum Gasteiger partial charge on any atom is -0.484 e. The van der Waals surface area contributed by atoms with Crippen molar-refractivity contribution in [2.45, 2.75) is 13.5 Å². The highest BCUT2D eigenvalue weighted by Gasteiger charge is 2.12. The molecule has 0 aliphatic carbocycles. The Balaban J connectivity index is 1.58. The van der Waals surface area contributed by atoms with Crippen molar-refractivity contribution in [3.05, 3.63) is 70.2 Å². The first-order chi connectivity index (χ1) is 12.1. The Labute approximate surface area is 155 Å². The van der Waals surface area contributed by atoms with Gasteiger partial charge in [0.15, 0.2) is 6.61 Å². The molecule has 0 fully saturated rings. The van der Waals surface area contributed by atoms with Crippen LogP contribution in [0, 0.1) is 6.92 Å². The Kier molecular flexibility index (Phi) is 5.68. The number of nitrogens with zero attached hydrogens (tertiary/aromatic N) is 1. The number of amides is 1. The fraction of sp³-hybridized carbons (Fsp3) is 0.158. The van der Waals surface area contributed by atoms with E-state index >= 15 is 0 Å². The molecule has 128 valence electrons. The molecule has 3 rings (SSSR count). The summed E-state index contributed by atoms with van der Waals surface area (Å²) in [5.41, 5.74) is 1.80. The number of carbonyl (C=O) groups excluding carboxylic acids is 1. The van der Waals surface area contributed by atoms with Gasteiger partial charge in [0.2, 0.25) is 0 Å². The third kappa shape index (κ3) is 4.59. The Morgan fingerprint density at radius 3 is 2.64 bits per heavy atom. The Bertz CT molecular complexity index is 865. The minimum absolute atomic E-state index is 0.0146. The van der Waals surface area contributed by atoms with E-state index in [1.165, 1.54) is 11.3 Å². The van der Waals surface area contributed by atoms with Crippen molar-refractivity contribution in [1.29, 1.82) is 0 Å². The van der Waals surface area contributed by atoms with Crippen molar-refractivity contribution >= 4 is 28.8 Å². The van der Waals surface area contributed by atoms with Gasteiger partial charge in [-0.1, -0.05) is 48.0 Å². The monoisotopic (exact) mass is 372 g/mol. The first-order valence-corrected chi connectivity index (χ1v) is 8.98. The van der Waals surface area contributed by atoms with Crippen LogP contribution in [-0.2, 0) is 11.3 Å². The smallest absolute Gasteiger partial charge is 0.258 e. The molecule has 0 bridgehead atoms. The van der Waals surface area contributed by atoms with Gasteiger partial charge in [0, 0.05) is 10.4 Å². The number of ether oxygens (including phenoxy) is 1. The molecule has 0 aliphatic heterocycles. The highest BCUT2D eigenvalue weighted by Crippen LogP contribution is 2.32. The summed E-state index contributed by atoms with van der Waals surface area (Å²) >= 11 is 7.76. The highest BCUT2D eigenvalue weighted by molar-refractivity contribution is 7.15. The molecular weight excluding hydrogens is 356 g/mol. The SMILES string of the molecule is Cc1nc(-c2ccccc2Cl)sc1CNC(=O)COc1ccccc1. The van der Waals surface area contributed by atoms with E-state index in [4.69, 9.17) is 16.3 Å². The van der Waals surface area contributed by atoms with Crippen LogP contribution in [0.15, 0.2) is 54.6 Å². The van der Waals surface area contributed by atoms with Crippen molar-refractivity contribution < 1.29 is 9.53 Å². The number of hydrogen-bond donors (Lipinski definition) is 1. The van der Waals surface area contributed by atoms with Crippen LogP contribution in [0.3, 0.4) is 0 Å². The summed E-state index contributed by atoms with van der Waals surface area (Å²) in [4.78, 5) is 17.5. The van der Waals surface area contributed by atoms with E-state index in [9.17, 15) is 4.79 Å². The van der Waals surface area contributed by atoms with E-state index in [2.05, 4.69) is 10.3 Å². The van der Waals surface area contributed by atoms with E-state index < -0.39 is 0 Å². The fourth-order valence-corrected chi connectivity index (χ4v) is 3.56. The Morgan fingerprint density at radius 1 is 1.16 bits per heavy atom. The summed E-state index contributed by atoms with van der Waals surface area (Å²) in [5.74, 6) is 0.503. The van der Waals surface area contributed by atoms with Gasteiger partial charge in [-0.2, -0.15) is 0 Å². The summed E-state index contributed by atoms with van der Waals surface area (Å²) in [5, 5.41) is 4.39. The number of halogens is 1. The molecule has 6 heteroatoms. The number of aromatic nitrogens is 1. The number of para-hydroxylation sites is 1. The third-order valence-corrected chi connectivity index (χ3v) is 5.08. The van der Waals surface area contributed by atoms with Gasteiger partial charge < -0.3 is 10.1 Å². The zero-order chi connectivity index (χ0) is 17.6. The molecule has 0 unspecified atom stereocenters. The highest BCUT2D eigenvalue weighted by atomic mass is 35.5. The lowest BCUT2D eigenvalue weighted by molar-refractivity contribution is -0.123. The fourth-order valence-electron chi connectivity index (χ4n) is 2.24. The quantitative estimate of drug-likeness (QED) is 0.694. The number of thiazole rings is 1. The normalized spacial score (nSPS) is 10.5. The van der Waals surface area contributed by atoms with Crippen molar-refractivity contribution in [2.24, 2.45) is 0 Å². The van der Waals surface area contributed by atoms with Gasteiger partial charge in [-0.3, -0.25) is 4.79 Å². The van der Waals surface area contributed by atoms with Gasteiger partial charge in [-0.05, 0) is 25.1 Å². The Morgan fingerprint density at radius 2 is 1.88 bits per heavy atom. The van der Waals surface area contributed by atoms with E-state index in [0.717, 1.165) is 21.1 Å². The number of nitrogens with one attached hydrogen (secondary N) is 1. The van der Waals surface area contributed by atoms with Crippen LogP contribution in [0.1, 0.15) is 10.6 Å². The summed E-state index contributed by atoms with van der Waals surface area (Å²) in [6, 6.07) is 16.9. The minimum atomic E-state index is -0.170. The second-order valence-corrected chi connectivity index (χ2v) is 6.88. The molecule has 0 saturated heterocycles. The van der Waals surface area contributed by atoms with Crippen LogP contribution in [0.2, 0.25) is 5.02 Å². The molecule has 0 spiro atoms. The average Bonchev–Trinajstić information content (AvgIpc) is 3.00. The molecular formula is C19H17ClN2O2S. The number of carbonyl (C=O) groups is 1. The second-order valence-electron chi connectivity index (χ2n) is 5.39. The molecule has 1 amide bonds. The molecule has 2 aromatic carbocycles. The van der Waals surface area contributed by atoms with Crippen molar-refractivity contribution in [3.63, 3.8) is 0 Å². The summed E-state index contributed by atoms with van der Waals surface area (Å²) < 4.78 is 5.43. The number of aryl methyl sites for hydroxylation is 1. The number of benzene rings is 2. The predicted octanol–water partition coefficient (Wildman–Crippen LogP) is 4.47. The van der Waals surface area contributed by atoms with Crippen molar-refractivity contribution in [1.82, 2.24) is 10.3 Å². The van der Waals surface area contributed by atoms with Crippen LogP contribution in [-0.4, -0.2) is 17.5 Å². The zero-order valence-electron chi connectivity index (χ0n) is 13.7. The lowest BCUT2D eigenvalue weighted by atomic mass is 10.2. The maximum absolute atomic E-state index is 12.0. The van der Waals surface area contributed by atoms with E-state index in [-0.39, 0.29) is 12.5 Å².